The van der Waals surface area contributed by atoms with Crippen LogP contribution < -0.4 is 18.9 Å². The molecule has 0 aromatic heterocycles. The molecule has 0 radical (unpaired) electrons. The third-order valence-electron chi connectivity index (χ3n) is 1.67. The van der Waals surface area contributed by atoms with Crippen molar-refractivity contribution in [2.75, 3.05) is 6.61 Å². The number of hydrogen-bond acceptors (Lipinski definition) is 2. The Morgan fingerprint density at radius 2 is 1.94 bits per heavy atom. The zero-order chi connectivity index (χ0) is 11.1. The molecule has 1 aromatic carbocycles. The van der Waals surface area contributed by atoms with Crippen LogP contribution in [0.2, 0.25) is 0 Å². The van der Waals surface area contributed by atoms with E-state index in [0.717, 1.165) is 5.57 Å². The first-order valence-corrected chi connectivity index (χ1v) is 4.75. The average Bonchev–Trinajstić information content (AvgIpc) is 2.18. The summed E-state index contributed by atoms with van der Waals surface area (Å²) in [7, 11) is 0. The van der Waals surface area contributed by atoms with Crippen molar-refractivity contribution in [1.82, 2.24) is 0 Å². The van der Waals surface area contributed by atoms with E-state index in [-0.39, 0.29) is 25.5 Å². The van der Waals surface area contributed by atoms with Crippen LogP contribution in [0.4, 0.5) is 10.5 Å². The maximum atomic E-state index is 11.2. The molecule has 0 fully saturated rings. The topological polar surface area (TPSA) is 40.4 Å². The zero-order valence-electron chi connectivity index (χ0n) is 9.93. The number of rotatable bonds is 3. The van der Waals surface area contributed by atoms with Crippen molar-refractivity contribution in [2.45, 2.75) is 13.8 Å². The maximum Gasteiger partial charge on any atom is 1.00 e. The summed E-state index contributed by atoms with van der Waals surface area (Å²) in [6, 6.07) is 9.02. The second kappa shape index (κ2) is 8.03. The van der Waals surface area contributed by atoms with Crippen LogP contribution in [-0.2, 0) is 4.74 Å². The van der Waals surface area contributed by atoms with E-state index < -0.39 is 6.09 Å². The van der Waals surface area contributed by atoms with Crippen LogP contribution in [0.3, 0.4) is 0 Å². The Bertz CT molecular complexity index is 345. The predicted molar refractivity (Wildman–Crippen MR) is 60.2 cm³/mol. The van der Waals surface area contributed by atoms with Gasteiger partial charge in [-0.25, -0.2) is 0 Å². The smallest absolute Gasteiger partial charge is 0.591 e. The van der Waals surface area contributed by atoms with Gasteiger partial charge >= 0.3 is 18.9 Å². The van der Waals surface area contributed by atoms with E-state index in [2.05, 4.69) is 5.32 Å². The van der Waals surface area contributed by atoms with Crippen molar-refractivity contribution < 1.29 is 28.4 Å². The second-order valence-corrected chi connectivity index (χ2v) is 3.31. The number of amides is 1. The molecule has 1 amide bonds. The van der Waals surface area contributed by atoms with E-state index in [1.165, 1.54) is 0 Å². The summed E-state index contributed by atoms with van der Waals surface area (Å²) >= 11 is 0. The van der Waals surface area contributed by atoms with Crippen molar-refractivity contribution in [2.24, 2.45) is 0 Å². The Balaban J connectivity index is 0.00000225. The average molecular weight is 211 g/mol. The summed E-state index contributed by atoms with van der Waals surface area (Å²) in [4.78, 5) is 11.2. The molecule has 0 bridgehead atoms. The van der Waals surface area contributed by atoms with Gasteiger partial charge < -0.3 is 10.1 Å². The van der Waals surface area contributed by atoms with Crippen LogP contribution in [0.5, 0.6) is 0 Å². The Labute approximate surface area is 108 Å². The van der Waals surface area contributed by atoms with Gasteiger partial charge in [-0.15, -0.1) is 5.69 Å². The fourth-order valence-electron chi connectivity index (χ4n) is 0.920. The van der Waals surface area contributed by atoms with Crippen molar-refractivity contribution in [1.29, 1.82) is 0 Å². The number of ether oxygens (including phenoxy) is 1. The first kappa shape index (κ1) is 14.8. The third-order valence-corrected chi connectivity index (χ3v) is 1.67. The molecule has 0 unspecified atom stereocenters. The Morgan fingerprint density at radius 1 is 1.31 bits per heavy atom. The molecular formula is C12H14LiNO2. The van der Waals surface area contributed by atoms with E-state index in [0.29, 0.717) is 5.69 Å². The van der Waals surface area contributed by atoms with Crippen molar-refractivity contribution in [3.63, 3.8) is 0 Å². The molecule has 80 valence electrons. The molecule has 16 heavy (non-hydrogen) atoms. The molecule has 0 saturated heterocycles. The summed E-state index contributed by atoms with van der Waals surface area (Å²) in [6.07, 6.45) is 1.28. The fraction of sp³-hybridized carbons (Fsp3) is 0.250. The van der Waals surface area contributed by atoms with Crippen molar-refractivity contribution in [3.8, 4) is 0 Å². The normalized spacial score (nSPS) is 8.62. The number of carbonyl (C=O) groups is 1. The van der Waals surface area contributed by atoms with Gasteiger partial charge in [0.25, 0.3) is 0 Å². The molecule has 0 heterocycles. The van der Waals surface area contributed by atoms with Crippen LogP contribution in [0.15, 0.2) is 42.0 Å². The van der Waals surface area contributed by atoms with Crippen molar-refractivity contribution >= 4 is 11.8 Å². The number of para-hydroxylation sites is 1. The Hall–Kier alpha value is -1.17. The van der Waals surface area contributed by atoms with Gasteiger partial charge in [0, 0.05) is 0 Å². The van der Waals surface area contributed by atoms with Gasteiger partial charge in [0.05, 0.1) is 0 Å². The van der Waals surface area contributed by atoms with Gasteiger partial charge in [-0.3, -0.25) is 4.79 Å². The van der Waals surface area contributed by atoms with Gasteiger partial charge in [-0.05, 0) is 19.9 Å². The summed E-state index contributed by atoms with van der Waals surface area (Å²) in [5, 5.41) is 3.77. The van der Waals surface area contributed by atoms with Gasteiger partial charge in [0.1, 0.15) is 6.61 Å². The monoisotopic (exact) mass is 211 g/mol. The number of allylic oxidation sites excluding steroid dienone is 1. The molecule has 0 aliphatic rings. The van der Waals surface area contributed by atoms with E-state index in [1.807, 2.05) is 38.1 Å². The number of benzene rings is 1. The molecule has 1 rings (SSSR count). The number of nitrogens with zero attached hydrogens (tertiary/aromatic N) is 1. The molecule has 0 spiro atoms. The Morgan fingerprint density at radius 3 is 2.50 bits per heavy atom. The minimum atomic E-state index is -0.557. The third kappa shape index (κ3) is 6.34. The first-order chi connectivity index (χ1) is 7.18. The second-order valence-electron chi connectivity index (χ2n) is 3.31. The van der Waals surface area contributed by atoms with Crippen LogP contribution in [0.25, 0.3) is 5.32 Å². The minimum Gasteiger partial charge on any atom is -0.591 e. The van der Waals surface area contributed by atoms with Gasteiger partial charge in [0.2, 0.25) is 6.09 Å². The summed E-state index contributed by atoms with van der Waals surface area (Å²) < 4.78 is 4.87. The largest absolute Gasteiger partial charge is 1.00 e. The molecule has 0 N–H and O–H groups in total. The van der Waals surface area contributed by atoms with Crippen LogP contribution >= 0.6 is 0 Å². The number of hydrogen-bond donors (Lipinski definition) is 0. The van der Waals surface area contributed by atoms with E-state index in [4.69, 9.17) is 4.74 Å². The minimum absolute atomic E-state index is 0. The molecule has 0 atom stereocenters. The van der Waals surface area contributed by atoms with Gasteiger partial charge in [-0.2, -0.15) is 0 Å². The van der Waals surface area contributed by atoms with Crippen LogP contribution in [-0.4, -0.2) is 12.7 Å². The molecule has 0 saturated carbocycles. The van der Waals surface area contributed by atoms with E-state index in [1.54, 1.807) is 12.1 Å². The summed E-state index contributed by atoms with van der Waals surface area (Å²) in [6.45, 7) is 4.17. The van der Waals surface area contributed by atoms with E-state index in [9.17, 15) is 4.79 Å². The molecular weight excluding hydrogens is 197 g/mol. The van der Waals surface area contributed by atoms with Crippen molar-refractivity contribution in [3.05, 3.63) is 47.3 Å². The van der Waals surface area contributed by atoms with Gasteiger partial charge in [0.15, 0.2) is 0 Å². The SMILES string of the molecule is CC(C)=CCOC(=O)[N-]c1ccccc1.[Li+]. The fourth-order valence-corrected chi connectivity index (χ4v) is 0.920. The summed E-state index contributed by atoms with van der Waals surface area (Å²) in [5.74, 6) is 0. The van der Waals surface area contributed by atoms with E-state index >= 15 is 0 Å². The molecule has 1 aromatic rings. The van der Waals surface area contributed by atoms with Crippen LogP contribution in [0.1, 0.15) is 13.8 Å². The number of carbonyl (C=O) groups excluding carboxylic acids is 1. The Kier molecular flexibility index (Phi) is 7.45. The quantitative estimate of drug-likeness (QED) is 0.548. The van der Waals surface area contributed by atoms with Gasteiger partial charge in [-0.1, -0.05) is 35.9 Å². The summed E-state index contributed by atoms with van der Waals surface area (Å²) in [5.41, 5.74) is 1.72. The maximum absolute atomic E-state index is 11.2. The molecule has 3 nitrogen and oxygen atoms in total. The predicted octanol–water partition coefficient (Wildman–Crippen LogP) is 0.799. The molecule has 4 heteroatoms. The molecule has 0 aliphatic carbocycles. The first-order valence-electron chi connectivity index (χ1n) is 4.75. The standard InChI is InChI=1S/C12H15NO2.Li/c1-10(2)8-9-15-12(14)13-11-6-4-3-5-7-11;/h3-8H,9H2,1-2H3,(H,13,14);/q;+1/p-1. The molecule has 0 aliphatic heterocycles. The zero-order valence-corrected chi connectivity index (χ0v) is 9.93. The van der Waals surface area contributed by atoms with Crippen LogP contribution in [0, 0.1) is 0 Å².